The molecule has 0 saturated heterocycles. The van der Waals surface area contributed by atoms with Crippen LogP contribution in [0.25, 0.3) is 0 Å². The molecule has 5 heteroatoms. The maximum Gasteiger partial charge on any atom is 0.0897 e. The number of nitrogen functional groups attached to an aromatic ring is 1. The number of rotatable bonds is 4. The first kappa shape index (κ1) is 13.3. The first-order chi connectivity index (χ1) is 8.54. The summed E-state index contributed by atoms with van der Waals surface area (Å²) in [6.07, 6.45) is 0. The van der Waals surface area contributed by atoms with Gasteiger partial charge in [-0.3, -0.25) is 4.90 Å². The highest BCUT2D eigenvalue weighted by Gasteiger charge is 2.07. The van der Waals surface area contributed by atoms with E-state index >= 15 is 0 Å². The van der Waals surface area contributed by atoms with E-state index in [2.05, 4.69) is 22.3 Å². The van der Waals surface area contributed by atoms with Gasteiger partial charge in [-0.25, -0.2) is 4.98 Å². The van der Waals surface area contributed by atoms with Crippen molar-refractivity contribution >= 4 is 28.6 Å². The molecular formula is C13H16ClN3S. The normalized spacial score (nSPS) is 11.1. The van der Waals surface area contributed by atoms with Gasteiger partial charge in [0.15, 0.2) is 0 Å². The first-order valence-electron chi connectivity index (χ1n) is 5.68. The van der Waals surface area contributed by atoms with Crippen molar-refractivity contribution in [1.29, 1.82) is 0 Å². The van der Waals surface area contributed by atoms with Crippen LogP contribution in [0.1, 0.15) is 16.3 Å². The van der Waals surface area contributed by atoms with E-state index in [4.69, 9.17) is 17.3 Å². The molecule has 0 aliphatic carbocycles. The Kier molecular flexibility index (Phi) is 4.22. The van der Waals surface area contributed by atoms with Crippen LogP contribution in [-0.2, 0) is 13.1 Å². The van der Waals surface area contributed by atoms with Crippen LogP contribution in [0.15, 0.2) is 23.6 Å². The Hall–Kier alpha value is -1.10. The van der Waals surface area contributed by atoms with Gasteiger partial charge in [0.1, 0.15) is 0 Å². The molecule has 0 unspecified atom stereocenters. The molecule has 0 radical (unpaired) electrons. The number of anilines is 1. The molecule has 2 rings (SSSR count). The minimum absolute atomic E-state index is 0.675. The highest BCUT2D eigenvalue weighted by atomic mass is 35.5. The van der Waals surface area contributed by atoms with Crippen LogP contribution in [0, 0.1) is 6.92 Å². The predicted octanol–water partition coefficient (Wildman–Crippen LogP) is 3.32. The van der Waals surface area contributed by atoms with E-state index < -0.39 is 0 Å². The van der Waals surface area contributed by atoms with E-state index in [9.17, 15) is 0 Å². The number of benzene rings is 1. The molecule has 0 fully saturated rings. The second kappa shape index (κ2) is 5.69. The van der Waals surface area contributed by atoms with Gasteiger partial charge in [-0.15, -0.1) is 11.3 Å². The van der Waals surface area contributed by atoms with Gasteiger partial charge >= 0.3 is 0 Å². The van der Waals surface area contributed by atoms with E-state index in [1.165, 1.54) is 0 Å². The second-order valence-corrected chi connectivity index (χ2v) is 5.87. The molecule has 1 aromatic carbocycles. The van der Waals surface area contributed by atoms with Gasteiger partial charge in [-0.2, -0.15) is 0 Å². The molecule has 0 aliphatic rings. The minimum atomic E-state index is 0.675. The zero-order valence-corrected chi connectivity index (χ0v) is 12.1. The molecule has 0 saturated carbocycles. The molecule has 96 valence electrons. The largest absolute Gasteiger partial charge is 0.398 e. The Balaban J connectivity index is 2.00. The fourth-order valence-electron chi connectivity index (χ4n) is 1.81. The van der Waals surface area contributed by atoms with Crippen LogP contribution in [0.5, 0.6) is 0 Å². The Morgan fingerprint density at radius 1 is 1.39 bits per heavy atom. The summed E-state index contributed by atoms with van der Waals surface area (Å²) in [5.41, 5.74) is 8.88. The van der Waals surface area contributed by atoms with Crippen LogP contribution in [0.2, 0.25) is 5.02 Å². The molecule has 3 nitrogen and oxygen atoms in total. The molecule has 1 heterocycles. The van der Waals surface area contributed by atoms with Crippen molar-refractivity contribution in [3.63, 3.8) is 0 Å². The molecule has 0 spiro atoms. The lowest BCUT2D eigenvalue weighted by atomic mass is 10.1. The van der Waals surface area contributed by atoms with Gasteiger partial charge in [-0.05, 0) is 31.7 Å². The number of aromatic nitrogens is 1. The van der Waals surface area contributed by atoms with Crippen molar-refractivity contribution in [2.45, 2.75) is 20.0 Å². The Bertz CT molecular complexity index is 539. The summed E-state index contributed by atoms with van der Waals surface area (Å²) < 4.78 is 0. The lowest BCUT2D eigenvalue weighted by Crippen LogP contribution is -2.18. The van der Waals surface area contributed by atoms with Gasteiger partial charge in [0.05, 0.1) is 10.7 Å². The number of aryl methyl sites for hydroxylation is 1. The fourth-order valence-corrected chi connectivity index (χ4v) is 2.60. The smallest absolute Gasteiger partial charge is 0.0897 e. The SMILES string of the molecule is Cc1nc(CN(C)Cc2ccc(Cl)cc2N)cs1. The summed E-state index contributed by atoms with van der Waals surface area (Å²) in [5.74, 6) is 0. The molecule has 0 aliphatic heterocycles. The zero-order chi connectivity index (χ0) is 13.1. The standard InChI is InChI=1S/C13H16ClN3S/c1-9-16-12(8-18-9)7-17(2)6-10-3-4-11(14)5-13(10)15/h3-5,8H,6-7,15H2,1-2H3. The molecule has 2 N–H and O–H groups in total. The van der Waals surface area contributed by atoms with Crippen molar-refractivity contribution in [2.24, 2.45) is 0 Å². The van der Waals surface area contributed by atoms with Crippen LogP contribution in [-0.4, -0.2) is 16.9 Å². The number of hydrogen-bond donors (Lipinski definition) is 1. The lowest BCUT2D eigenvalue weighted by Gasteiger charge is -2.16. The van der Waals surface area contributed by atoms with E-state index in [-0.39, 0.29) is 0 Å². The van der Waals surface area contributed by atoms with Gasteiger partial charge in [0, 0.05) is 29.2 Å². The highest BCUT2D eigenvalue weighted by Crippen LogP contribution is 2.20. The fraction of sp³-hybridized carbons (Fsp3) is 0.308. The molecule has 0 bridgehead atoms. The van der Waals surface area contributed by atoms with Crippen LogP contribution in [0.3, 0.4) is 0 Å². The number of nitrogens with two attached hydrogens (primary N) is 1. The van der Waals surface area contributed by atoms with E-state index in [1.54, 1.807) is 17.4 Å². The highest BCUT2D eigenvalue weighted by molar-refractivity contribution is 7.09. The third-order valence-corrected chi connectivity index (χ3v) is 3.70. The zero-order valence-electron chi connectivity index (χ0n) is 10.5. The first-order valence-corrected chi connectivity index (χ1v) is 6.94. The lowest BCUT2D eigenvalue weighted by molar-refractivity contribution is 0.316. The summed E-state index contributed by atoms with van der Waals surface area (Å²) in [7, 11) is 2.06. The quantitative estimate of drug-likeness (QED) is 0.874. The molecule has 0 amide bonds. The van der Waals surface area contributed by atoms with Crippen molar-refractivity contribution in [3.05, 3.63) is 44.9 Å². The van der Waals surface area contributed by atoms with Crippen molar-refractivity contribution in [3.8, 4) is 0 Å². The Labute approximate surface area is 116 Å². The molecule has 2 aromatic rings. The third-order valence-electron chi connectivity index (χ3n) is 2.65. The van der Waals surface area contributed by atoms with Crippen molar-refractivity contribution < 1.29 is 0 Å². The third kappa shape index (κ3) is 3.45. The van der Waals surface area contributed by atoms with Crippen LogP contribution >= 0.6 is 22.9 Å². The average Bonchev–Trinajstić information content (AvgIpc) is 2.68. The number of thiazole rings is 1. The monoisotopic (exact) mass is 281 g/mol. The summed E-state index contributed by atoms with van der Waals surface area (Å²) in [5, 5.41) is 3.87. The second-order valence-electron chi connectivity index (χ2n) is 4.37. The summed E-state index contributed by atoms with van der Waals surface area (Å²) in [4.78, 5) is 6.64. The summed E-state index contributed by atoms with van der Waals surface area (Å²) >= 11 is 7.56. The molecular weight excluding hydrogens is 266 g/mol. The minimum Gasteiger partial charge on any atom is -0.398 e. The van der Waals surface area contributed by atoms with Gasteiger partial charge < -0.3 is 5.73 Å². The van der Waals surface area contributed by atoms with Gasteiger partial charge in [0.25, 0.3) is 0 Å². The van der Waals surface area contributed by atoms with E-state index in [1.807, 2.05) is 19.1 Å². The van der Waals surface area contributed by atoms with Gasteiger partial charge in [0.2, 0.25) is 0 Å². The van der Waals surface area contributed by atoms with Crippen LogP contribution < -0.4 is 5.73 Å². The molecule has 1 aromatic heterocycles. The maximum absolute atomic E-state index is 5.94. The summed E-state index contributed by atoms with van der Waals surface area (Å²) in [6, 6.07) is 5.63. The Morgan fingerprint density at radius 3 is 2.78 bits per heavy atom. The van der Waals surface area contributed by atoms with Crippen molar-refractivity contribution in [2.75, 3.05) is 12.8 Å². The number of nitrogens with zero attached hydrogens (tertiary/aromatic N) is 2. The maximum atomic E-state index is 5.94. The Morgan fingerprint density at radius 2 is 2.17 bits per heavy atom. The molecule has 18 heavy (non-hydrogen) atoms. The topological polar surface area (TPSA) is 42.2 Å². The van der Waals surface area contributed by atoms with E-state index in [0.717, 1.165) is 35.0 Å². The van der Waals surface area contributed by atoms with E-state index in [0.29, 0.717) is 5.02 Å². The number of halogens is 1. The summed E-state index contributed by atoms with van der Waals surface area (Å²) in [6.45, 7) is 3.64. The molecule has 0 atom stereocenters. The number of hydrogen-bond acceptors (Lipinski definition) is 4. The predicted molar refractivity (Wildman–Crippen MR) is 77.9 cm³/mol. The van der Waals surface area contributed by atoms with Crippen LogP contribution in [0.4, 0.5) is 5.69 Å². The van der Waals surface area contributed by atoms with Crippen molar-refractivity contribution in [1.82, 2.24) is 9.88 Å². The average molecular weight is 282 g/mol. The van der Waals surface area contributed by atoms with Gasteiger partial charge in [-0.1, -0.05) is 17.7 Å².